The molecule has 96 valence electrons. The lowest BCUT2D eigenvalue weighted by atomic mass is 10.2. The third-order valence-corrected chi connectivity index (χ3v) is 2.74. The molecule has 0 aliphatic heterocycles. The zero-order valence-corrected chi connectivity index (χ0v) is 10.2. The Balaban J connectivity index is 2.03. The summed E-state index contributed by atoms with van der Waals surface area (Å²) in [7, 11) is 1.83. The molecule has 1 atom stereocenters. The molecule has 18 heavy (non-hydrogen) atoms. The third-order valence-electron chi connectivity index (χ3n) is 2.74. The molecule has 1 unspecified atom stereocenters. The maximum absolute atomic E-state index is 13.4. The number of rotatable bonds is 4. The summed E-state index contributed by atoms with van der Waals surface area (Å²) in [6.45, 7) is 2.12. The summed E-state index contributed by atoms with van der Waals surface area (Å²) in [6, 6.07) is 3.32. The number of hydrogen-bond acceptors (Lipinski definition) is 3. The Morgan fingerprint density at radius 2 is 2.17 bits per heavy atom. The monoisotopic (exact) mass is 252 g/mol. The molecule has 6 heteroatoms. The molecule has 1 aromatic carbocycles. The van der Waals surface area contributed by atoms with Gasteiger partial charge in [0.15, 0.2) is 0 Å². The Labute approximate surface area is 104 Å². The number of aryl methyl sites for hydroxylation is 1. The van der Waals surface area contributed by atoms with Crippen molar-refractivity contribution in [3.8, 4) is 0 Å². The summed E-state index contributed by atoms with van der Waals surface area (Å²) >= 11 is 0. The lowest BCUT2D eigenvalue weighted by molar-refractivity contribution is 0.508. The van der Waals surface area contributed by atoms with Gasteiger partial charge in [-0.3, -0.25) is 0 Å². The van der Waals surface area contributed by atoms with Crippen molar-refractivity contribution in [2.75, 3.05) is 0 Å². The summed E-state index contributed by atoms with van der Waals surface area (Å²) in [5, 5.41) is 10.8. The van der Waals surface area contributed by atoms with Gasteiger partial charge in [0.1, 0.15) is 23.8 Å². The van der Waals surface area contributed by atoms with Crippen LogP contribution in [0.2, 0.25) is 0 Å². The van der Waals surface area contributed by atoms with Crippen molar-refractivity contribution in [2.24, 2.45) is 7.05 Å². The summed E-state index contributed by atoms with van der Waals surface area (Å²) in [5.41, 5.74) is 0.295. The molecular weight excluding hydrogens is 238 g/mol. The largest absolute Gasteiger partial charge is 0.319 e. The van der Waals surface area contributed by atoms with Gasteiger partial charge in [0.25, 0.3) is 0 Å². The van der Waals surface area contributed by atoms with Gasteiger partial charge in [-0.15, -0.1) is 10.2 Å². The van der Waals surface area contributed by atoms with E-state index in [1.165, 1.54) is 6.07 Å². The zero-order chi connectivity index (χ0) is 13.1. The second-order valence-electron chi connectivity index (χ2n) is 4.14. The molecule has 0 amide bonds. The summed E-state index contributed by atoms with van der Waals surface area (Å²) in [5.74, 6) is -0.125. The van der Waals surface area contributed by atoms with Gasteiger partial charge in [-0.2, -0.15) is 0 Å². The van der Waals surface area contributed by atoms with Crippen molar-refractivity contribution in [3.63, 3.8) is 0 Å². The van der Waals surface area contributed by atoms with Gasteiger partial charge < -0.3 is 9.88 Å². The van der Waals surface area contributed by atoms with Crippen molar-refractivity contribution in [3.05, 3.63) is 47.5 Å². The lowest BCUT2D eigenvalue weighted by Gasteiger charge is -2.13. The van der Waals surface area contributed by atoms with Gasteiger partial charge in [0, 0.05) is 19.2 Å². The van der Waals surface area contributed by atoms with Crippen LogP contribution < -0.4 is 5.32 Å². The average Bonchev–Trinajstić information content (AvgIpc) is 2.76. The second-order valence-corrected chi connectivity index (χ2v) is 4.14. The number of nitrogens with one attached hydrogen (secondary N) is 1. The van der Waals surface area contributed by atoms with Crippen molar-refractivity contribution < 1.29 is 8.78 Å². The first-order valence-corrected chi connectivity index (χ1v) is 5.59. The minimum absolute atomic E-state index is 0.0971. The molecule has 0 saturated heterocycles. The van der Waals surface area contributed by atoms with E-state index < -0.39 is 11.6 Å². The fraction of sp³-hybridized carbons (Fsp3) is 0.333. The zero-order valence-electron chi connectivity index (χ0n) is 10.2. The van der Waals surface area contributed by atoms with Gasteiger partial charge in [-0.1, -0.05) is 0 Å². The van der Waals surface area contributed by atoms with Crippen molar-refractivity contribution >= 4 is 0 Å². The fourth-order valence-corrected chi connectivity index (χ4v) is 1.72. The summed E-state index contributed by atoms with van der Waals surface area (Å²) < 4.78 is 28.2. The van der Waals surface area contributed by atoms with E-state index in [0.717, 1.165) is 18.0 Å². The smallest absolute Gasteiger partial charge is 0.149 e. The summed E-state index contributed by atoms with van der Waals surface area (Å²) in [4.78, 5) is 0. The third kappa shape index (κ3) is 2.70. The van der Waals surface area contributed by atoms with Crippen molar-refractivity contribution in [2.45, 2.75) is 19.5 Å². The predicted molar refractivity (Wildman–Crippen MR) is 62.6 cm³/mol. The molecule has 1 heterocycles. The second kappa shape index (κ2) is 5.22. The van der Waals surface area contributed by atoms with Crippen LogP contribution in [-0.4, -0.2) is 14.8 Å². The van der Waals surface area contributed by atoms with Crippen LogP contribution in [0.4, 0.5) is 8.78 Å². The molecule has 0 aliphatic carbocycles. The van der Waals surface area contributed by atoms with E-state index in [1.807, 2.05) is 14.0 Å². The van der Waals surface area contributed by atoms with Crippen LogP contribution in [0.3, 0.4) is 0 Å². The van der Waals surface area contributed by atoms with E-state index >= 15 is 0 Å². The van der Waals surface area contributed by atoms with Crippen LogP contribution in [0.15, 0.2) is 24.5 Å². The predicted octanol–water partition coefficient (Wildman–Crippen LogP) is 1.94. The molecule has 0 saturated carbocycles. The van der Waals surface area contributed by atoms with E-state index in [0.29, 0.717) is 5.56 Å². The van der Waals surface area contributed by atoms with Gasteiger partial charge >= 0.3 is 0 Å². The Morgan fingerprint density at radius 3 is 2.83 bits per heavy atom. The molecular formula is C12H14F2N4. The fourth-order valence-electron chi connectivity index (χ4n) is 1.72. The van der Waals surface area contributed by atoms with Crippen molar-refractivity contribution in [1.82, 2.24) is 20.1 Å². The number of aromatic nitrogens is 3. The summed E-state index contributed by atoms with van der Waals surface area (Å²) in [6.07, 6.45) is 1.59. The maximum Gasteiger partial charge on any atom is 0.149 e. The molecule has 4 nitrogen and oxygen atoms in total. The molecule has 0 spiro atoms. The Morgan fingerprint density at radius 1 is 1.39 bits per heavy atom. The number of hydrogen-bond donors (Lipinski definition) is 1. The molecule has 0 fully saturated rings. The minimum atomic E-state index is -0.445. The van der Waals surface area contributed by atoms with Gasteiger partial charge in [0.05, 0.1) is 6.04 Å². The quantitative estimate of drug-likeness (QED) is 0.904. The minimum Gasteiger partial charge on any atom is -0.319 e. The molecule has 0 aliphatic rings. The Hall–Kier alpha value is -1.82. The lowest BCUT2D eigenvalue weighted by Crippen LogP contribution is -2.21. The van der Waals surface area contributed by atoms with E-state index in [4.69, 9.17) is 0 Å². The number of nitrogens with zero attached hydrogens (tertiary/aromatic N) is 3. The maximum atomic E-state index is 13.4. The average molecular weight is 252 g/mol. The Kier molecular flexibility index (Phi) is 3.66. The van der Waals surface area contributed by atoms with Gasteiger partial charge in [-0.05, 0) is 25.1 Å². The van der Waals surface area contributed by atoms with E-state index in [1.54, 1.807) is 10.9 Å². The van der Waals surface area contributed by atoms with Crippen LogP contribution in [0, 0.1) is 11.6 Å². The topological polar surface area (TPSA) is 42.7 Å². The van der Waals surface area contributed by atoms with Crippen LogP contribution in [0.5, 0.6) is 0 Å². The highest BCUT2D eigenvalue weighted by Crippen LogP contribution is 2.12. The first-order valence-electron chi connectivity index (χ1n) is 5.59. The molecule has 1 N–H and O–H groups in total. The van der Waals surface area contributed by atoms with Crippen LogP contribution in [0.1, 0.15) is 24.4 Å². The normalized spacial score (nSPS) is 12.7. The van der Waals surface area contributed by atoms with Crippen LogP contribution in [0.25, 0.3) is 0 Å². The first-order chi connectivity index (χ1) is 8.58. The highest BCUT2D eigenvalue weighted by atomic mass is 19.1. The van der Waals surface area contributed by atoms with E-state index in [2.05, 4.69) is 15.5 Å². The molecule has 2 aromatic rings. The molecule has 1 aromatic heterocycles. The first kappa shape index (κ1) is 12.6. The van der Waals surface area contributed by atoms with Crippen molar-refractivity contribution in [1.29, 1.82) is 0 Å². The van der Waals surface area contributed by atoms with Crippen LogP contribution >= 0.6 is 0 Å². The highest BCUT2D eigenvalue weighted by molar-refractivity contribution is 5.18. The number of halogens is 2. The SMILES string of the molecule is CC(NCc1cc(F)ccc1F)c1nncn1C. The van der Waals surface area contributed by atoms with E-state index in [9.17, 15) is 8.78 Å². The molecule has 2 rings (SSSR count). The Bertz CT molecular complexity index is 539. The highest BCUT2D eigenvalue weighted by Gasteiger charge is 2.12. The van der Waals surface area contributed by atoms with E-state index in [-0.39, 0.29) is 12.6 Å². The number of benzene rings is 1. The van der Waals surface area contributed by atoms with Crippen LogP contribution in [-0.2, 0) is 13.6 Å². The molecule has 0 bridgehead atoms. The van der Waals surface area contributed by atoms with Gasteiger partial charge in [-0.25, -0.2) is 8.78 Å². The van der Waals surface area contributed by atoms with Gasteiger partial charge in [0.2, 0.25) is 0 Å². The standard InChI is InChI=1S/C12H14F2N4/c1-8(12-17-16-7-18(12)2)15-6-9-5-10(13)3-4-11(9)14/h3-5,7-8,15H,6H2,1-2H3. The molecule has 0 radical (unpaired) electrons.